The predicted octanol–water partition coefficient (Wildman–Crippen LogP) is 4.36. The highest BCUT2D eigenvalue weighted by Crippen LogP contribution is 2.27. The van der Waals surface area contributed by atoms with Crippen LogP contribution in [0.1, 0.15) is 43.4 Å². The number of benzene rings is 2. The van der Waals surface area contributed by atoms with Crippen molar-refractivity contribution >= 4 is 32.6 Å². The SMILES string of the molecule is CCCN(CCC)[C@@H]1Cc2ccc(CNS(=O)(=O)c3ccc(I)cc3)cc2C1. The van der Waals surface area contributed by atoms with E-state index in [2.05, 4.69) is 64.3 Å². The van der Waals surface area contributed by atoms with Gasteiger partial charge in [0.25, 0.3) is 0 Å². The molecule has 0 saturated carbocycles. The fraction of sp³-hybridized carbons (Fsp3) is 0.455. The molecule has 0 unspecified atom stereocenters. The molecule has 152 valence electrons. The minimum Gasteiger partial charge on any atom is -0.300 e. The van der Waals surface area contributed by atoms with E-state index in [9.17, 15) is 8.42 Å². The maximum atomic E-state index is 12.5. The maximum Gasteiger partial charge on any atom is 0.240 e. The van der Waals surface area contributed by atoms with Crippen molar-refractivity contribution in [1.82, 2.24) is 9.62 Å². The molecule has 0 spiro atoms. The highest BCUT2D eigenvalue weighted by Gasteiger charge is 2.26. The summed E-state index contributed by atoms with van der Waals surface area (Å²) < 4.78 is 28.8. The van der Waals surface area contributed by atoms with Crippen molar-refractivity contribution in [2.45, 2.75) is 57.0 Å². The van der Waals surface area contributed by atoms with E-state index in [-0.39, 0.29) is 0 Å². The van der Waals surface area contributed by atoms with E-state index in [0.717, 1.165) is 35.1 Å². The number of nitrogens with zero attached hydrogens (tertiary/aromatic N) is 1. The Balaban J connectivity index is 1.66. The lowest BCUT2D eigenvalue weighted by molar-refractivity contribution is 0.202. The van der Waals surface area contributed by atoms with Crippen LogP contribution in [0.4, 0.5) is 0 Å². The molecule has 1 N–H and O–H groups in total. The van der Waals surface area contributed by atoms with Gasteiger partial charge in [0.05, 0.1) is 4.90 Å². The van der Waals surface area contributed by atoms with Crippen LogP contribution in [0.3, 0.4) is 0 Å². The molecule has 1 aliphatic carbocycles. The molecule has 0 bridgehead atoms. The Hall–Kier alpha value is -0.960. The van der Waals surface area contributed by atoms with Crippen molar-refractivity contribution in [3.05, 3.63) is 62.7 Å². The van der Waals surface area contributed by atoms with Crippen molar-refractivity contribution in [2.24, 2.45) is 0 Å². The van der Waals surface area contributed by atoms with Crippen LogP contribution >= 0.6 is 22.6 Å². The van der Waals surface area contributed by atoms with Crippen LogP contribution in [-0.4, -0.2) is 32.4 Å². The first-order chi connectivity index (χ1) is 13.4. The molecule has 0 heterocycles. The van der Waals surface area contributed by atoms with Gasteiger partial charge in [-0.25, -0.2) is 13.1 Å². The number of rotatable bonds is 9. The van der Waals surface area contributed by atoms with Gasteiger partial charge in [-0.1, -0.05) is 32.0 Å². The van der Waals surface area contributed by atoms with Crippen molar-refractivity contribution < 1.29 is 8.42 Å². The van der Waals surface area contributed by atoms with Crippen LogP contribution in [0.2, 0.25) is 0 Å². The van der Waals surface area contributed by atoms with Gasteiger partial charge in [-0.3, -0.25) is 4.90 Å². The third kappa shape index (κ3) is 5.34. The molecule has 4 nitrogen and oxygen atoms in total. The number of sulfonamides is 1. The zero-order valence-electron chi connectivity index (χ0n) is 16.6. The van der Waals surface area contributed by atoms with E-state index < -0.39 is 10.0 Å². The molecule has 2 aromatic carbocycles. The fourth-order valence-electron chi connectivity index (χ4n) is 3.94. The molecule has 1 atom stereocenters. The van der Waals surface area contributed by atoms with E-state index in [0.29, 0.717) is 17.5 Å². The molecule has 2 aromatic rings. The molecule has 3 rings (SSSR count). The minimum absolute atomic E-state index is 0.309. The molecule has 0 aromatic heterocycles. The van der Waals surface area contributed by atoms with Crippen molar-refractivity contribution in [3.63, 3.8) is 0 Å². The predicted molar refractivity (Wildman–Crippen MR) is 123 cm³/mol. The Labute approximate surface area is 182 Å². The van der Waals surface area contributed by atoms with Crippen LogP contribution in [0.25, 0.3) is 0 Å². The van der Waals surface area contributed by atoms with Crippen molar-refractivity contribution in [2.75, 3.05) is 13.1 Å². The molecule has 0 fully saturated rings. The Bertz CT molecular complexity index is 891. The lowest BCUT2D eigenvalue weighted by Crippen LogP contribution is -2.37. The summed E-state index contributed by atoms with van der Waals surface area (Å²) in [6.45, 7) is 7.09. The first-order valence-corrected chi connectivity index (χ1v) is 12.6. The lowest BCUT2D eigenvalue weighted by atomic mass is 10.1. The number of halogens is 1. The molecule has 0 aliphatic heterocycles. The van der Waals surface area contributed by atoms with Crippen molar-refractivity contribution in [1.29, 1.82) is 0 Å². The van der Waals surface area contributed by atoms with E-state index in [1.165, 1.54) is 24.0 Å². The number of fused-ring (bicyclic) bond motifs is 1. The molecule has 0 radical (unpaired) electrons. The Morgan fingerprint density at radius 2 is 1.64 bits per heavy atom. The van der Waals surface area contributed by atoms with Gasteiger partial charge in [0.15, 0.2) is 0 Å². The molecule has 0 saturated heterocycles. The smallest absolute Gasteiger partial charge is 0.240 e. The minimum atomic E-state index is -3.49. The van der Waals surface area contributed by atoms with Gasteiger partial charge in [0, 0.05) is 16.2 Å². The highest BCUT2D eigenvalue weighted by atomic mass is 127. The summed E-state index contributed by atoms with van der Waals surface area (Å²) in [5.41, 5.74) is 3.80. The molecule has 0 amide bonds. The zero-order chi connectivity index (χ0) is 20.1. The van der Waals surface area contributed by atoms with Gasteiger partial charge in [-0.15, -0.1) is 0 Å². The maximum absolute atomic E-state index is 12.5. The molecule has 6 heteroatoms. The van der Waals surface area contributed by atoms with Gasteiger partial charge in [-0.2, -0.15) is 0 Å². The summed E-state index contributed by atoms with van der Waals surface area (Å²) in [5, 5.41) is 0. The van der Waals surface area contributed by atoms with Gasteiger partial charge in [0.2, 0.25) is 10.0 Å². The van der Waals surface area contributed by atoms with Crippen LogP contribution in [0.15, 0.2) is 47.4 Å². The lowest BCUT2D eigenvalue weighted by Gasteiger charge is -2.27. The Kier molecular flexibility index (Phi) is 7.53. The summed E-state index contributed by atoms with van der Waals surface area (Å²) in [6.07, 6.45) is 4.52. The average molecular weight is 512 g/mol. The van der Waals surface area contributed by atoms with Crippen LogP contribution in [0, 0.1) is 3.57 Å². The van der Waals surface area contributed by atoms with Gasteiger partial charge in [-0.05, 0) is 102 Å². The third-order valence-electron chi connectivity index (χ3n) is 5.31. The zero-order valence-corrected chi connectivity index (χ0v) is 19.6. The first-order valence-electron chi connectivity index (χ1n) is 10.0. The summed E-state index contributed by atoms with van der Waals surface area (Å²) in [5.74, 6) is 0. The van der Waals surface area contributed by atoms with E-state index in [4.69, 9.17) is 0 Å². The average Bonchev–Trinajstić information content (AvgIpc) is 3.10. The molecular formula is C22H29IN2O2S. The highest BCUT2D eigenvalue weighted by molar-refractivity contribution is 14.1. The third-order valence-corrected chi connectivity index (χ3v) is 7.45. The van der Waals surface area contributed by atoms with E-state index in [1.807, 2.05) is 12.1 Å². The largest absolute Gasteiger partial charge is 0.300 e. The Morgan fingerprint density at radius 1 is 1.00 bits per heavy atom. The monoisotopic (exact) mass is 512 g/mol. The van der Waals surface area contributed by atoms with E-state index >= 15 is 0 Å². The normalized spacial score (nSPS) is 16.5. The van der Waals surface area contributed by atoms with Gasteiger partial charge < -0.3 is 0 Å². The summed E-state index contributed by atoms with van der Waals surface area (Å²) in [7, 11) is -3.49. The second kappa shape index (κ2) is 9.69. The summed E-state index contributed by atoms with van der Waals surface area (Å²) in [6, 6.07) is 13.9. The standard InChI is InChI=1S/C22H29IN2O2S/c1-3-11-25(12-4-2)21-14-18-6-5-17(13-19(18)15-21)16-24-28(26,27)22-9-7-20(23)8-10-22/h5-10,13,21,24H,3-4,11-12,14-16H2,1-2H3/t21-/m1/s1. The second-order valence-electron chi connectivity index (χ2n) is 7.48. The van der Waals surface area contributed by atoms with Gasteiger partial charge in [0.1, 0.15) is 0 Å². The fourth-order valence-corrected chi connectivity index (χ4v) is 5.32. The summed E-state index contributed by atoms with van der Waals surface area (Å²) >= 11 is 2.17. The quantitative estimate of drug-likeness (QED) is 0.509. The second-order valence-corrected chi connectivity index (χ2v) is 10.5. The van der Waals surface area contributed by atoms with Crippen LogP contribution in [-0.2, 0) is 29.4 Å². The molecular weight excluding hydrogens is 483 g/mol. The Morgan fingerprint density at radius 3 is 2.29 bits per heavy atom. The molecule has 1 aliphatic rings. The topological polar surface area (TPSA) is 49.4 Å². The molecule has 28 heavy (non-hydrogen) atoms. The van der Waals surface area contributed by atoms with Gasteiger partial charge >= 0.3 is 0 Å². The number of hydrogen-bond acceptors (Lipinski definition) is 3. The number of hydrogen-bond donors (Lipinski definition) is 1. The van der Waals surface area contributed by atoms with Crippen LogP contribution in [0.5, 0.6) is 0 Å². The van der Waals surface area contributed by atoms with Crippen molar-refractivity contribution in [3.8, 4) is 0 Å². The van der Waals surface area contributed by atoms with E-state index in [1.54, 1.807) is 12.1 Å². The summed E-state index contributed by atoms with van der Waals surface area (Å²) in [4.78, 5) is 2.92. The van der Waals surface area contributed by atoms with Crippen LogP contribution < -0.4 is 4.72 Å². The number of nitrogens with one attached hydrogen (secondary N) is 1. The first kappa shape index (κ1) is 21.7.